The van der Waals surface area contributed by atoms with E-state index in [9.17, 15) is 0 Å². The minimum absolute atomic E-state index is 0. The fourth-order valence-electron chi connectivity index (χ4n) is 3.63. The van der Waals surface area contributed by atoms with Crippen molar-refractivity contribution >= 4 is 3.81 Å². The average Bonchev–Trinajstić information content (AvgIpc) is 2.95. The second-order valence-corrected chi connectivity index (χ2v) is 10.8. The van der Waals surface area contributed by atoms with Gasteiger partial charge in [-0.05, 0) is 0 Å². The molecule has 0 aliphatic heterocycles. The monoisotopic (exact) mass is 374 g/mol. The Morgan fingerprint density at radius 1 is 0.864 bits per heavy atom. The zero-order valence-corrected chi connectivity index (χ0v) is 17.8. The molecule has 0 fully saturated rings. The summed E-state index contributed by atoms with van der Waals surface area (Å²) in [6.45, 7) is 14.1. The maximum Gasteiger partial charge on any atom is -1.00 e. The Morgan fingerprint density at radius 3 is 1.45 bits per heavy atom. The quantitative estimate of drug-likeness (QED) is 0.600. The van der Waals surface area contributed by atoms with Crippen molar-refractivity contribution in [3.05, 3.63) is 42.2 Å². The smallest absolute Gasteiger partial charge is 1.00 e. The molecule has 0 aromatic carbocycles. The fraction of sp³-hybridized carbons (Fsp3) is 0.526. The number of hydrogen-bond acceptors (Lipinski definition) is 0. The molecule has 2 rings (SSSR count). The summed E-state index contributed by atoms with van der Waals surface area (Å²) in [5.74, 6) is 0. The normalized spacial score (nSPS) is 16.6. The van der Waals surface area contributed by atoms with Crippen molar-refractivity contribution in [1.82, 2.24) is 0 Å². The molecular formula is C19H28Cl2Ti. The van der Waals surface area contributed by atoms with Crippen LogP contribution < -0.4 is 24.8 Å². The summed E-state index contributed by atoms with van der Waals surface area (Å²) in [7, 11) is 0. The van der Waals surface area contributed by atoms with Crippen molar-refractivity contribution in [1.29, 1.82) is 0 Å². The molecular weight excluding hydrogens is 347 g/mol. The van der Waals surface area contributed by atoms with Crippen LogP contribution in [0.4, 0.5) is 0 Å². The van der Waals surface area contributed by atoms with Crippen molar-refractivity contribution in [2.75, 3.05) is 0 Å². The molecule has 0 spiro atoms. The molecule has 122 valence electrons. The van der Waals surface area contributed by atoms with E-state index in [4.69, 9.17) is 0 Å². The van der Waals surface area contributed by atoms with Gasteiger partial charge in [0.15, 0.2) is 0 Å². The van der Waals surface area contributed by atoms with Gasteiger partial charge >= 0.3 is 131 Å². The van der Waals surface area contributed by atoms with Crippen LogP contribution in [0.2, 0.25) is 0 Å². The van der Waals surface area contributed by atoms with E-state index >= 15 is 0 Å². The van der Waals surface area contributed by atoms with E-state index in [0.29, 0.717) is 0 Å². The Bertz CT molecular complexity index is 537. The number of rotatable bonds is 4. The average molecular weight is 375 g/mol. The van der Waals surface area contributed by atoms with Gasteiger partial charge in [0.05, 0.1) is 0 Å². The van der Waals surface area contributed by atoms with Gasteiger partial charge in [-0.3, -0.25) is 0 Å². The first-order chi connectivity index (χ1) is 9.51. The topological polar surface area (TPSA) is 0 Å². The van der Waals surface area contributed by atoms with Crippen molar-refractivity contribution in [2.24, 2.45) is 0 Å². The van der Waals surface area contributed by atoms with E-state index in [1.54, 1.807) is 26.1 Å². The largest absolute Gasteiger partial charge is 1.00 e. The summed E-state index contributed by atoms with van der Waals surface area (Å²) in [6.07, 6.45) is 9.82. The van der Waals surface area contributed by atoms with Gasteiger partial charge in [0.1, 0.15) is 0 Å². The minimum atomic E-state index is -1.39. The van der Waals surface area contributed by atoms with Gasteiger partial charge < -0.3 is 24.8 Å². The molecule has 0 saturated heterocycles. The van der Waals surface area contributed by atoms with Crippen molar-refractivity contribution < 1.29 is 42.2 Å². The summed E-state index contributed by atoms with van der Waals surface area (Å²) in [6, 6.07) is 0. The number of halogens is 2. The number of hydrogen-bond donors (Lipinski definition) is 0. The van der Waals surface area contributed by atoms with E-state index in [0.717, 1.165) is 0 Å². The van der Waals surface area contributed by atoms with Crippen LogP contribution in [-0.4, -0.2) is 3.81 Å². The molecule has 0 nitrogen and oxygen atoms in total. The first-order valence-corrected chi connectivity index (χ1v) is 10.3. The molecule has 0 unspecified atom stereocenters. The Morgan fingerprint density at radius 2 is 1.23 bits per heavy atom. The van der Waals surface area contributed by atoms with Crippen LogP contribution in [0, 0.1) is 0 Å². The van der Waals surface area contributed by atoms with Gasteiger partial charge in [-0.1, -0.05) is 0 Å². The SMILES string of the molecule is CCC1=CC[C]([Ti+2]([C]2=C(C)C(CC)=CC2)=[C](C)C)=C1C.[Cl-].[Cl-]. The van der Waals surface area contributed by atoms with Crippen molar-refractivity contribution in [3.8, 4) is 0 Å². The van der Waals surface area contributed by atoms with E-state index in [1.165, 1.54) is 25.7 Å². The first-order valence-electron chi connectivity index (χ1n) is 7.97. The van der Waals surface area contributed by atoms with E-state index in [-0.39, 0.29) is 24.8 Å². The molecule has 0 amide bonds. The van der Waals surface area contributed by atoms with Gasteiger partial charge in [0, 0.05) is 0 Å². The van der Waals surface area contributed by atoms with Crippen molar-refractivity contribution in [3.63, 3.8) is 0 Å². The van der Waals surface area contributed by atoms with Gasteiger partial charge in [-0.2, -0.15) is 0 Å². The van der Waals surface area contributed by atoms with E-state index < -0.39 is 17.4 Å². The van der Waals surface area contributed by atoms with E-state index in [1.807, 2.05) is 7.76 Å². The third kappa shape index (κ3) is 4.15. The van der Waals surface area contributed by atoms with Crippen LogP contribution in [0.15, 0.2) is 42.2 Å². The number of allylic oxidation sites excluding steroid dienone is 8. The summed E-state index contributed by atoms with van der Waals surface area (Å²) in [4.78, 5) is 0. The Hall–Kier alpha value is 0.124. The predicted octanol–water partition coefficient (Wildman–Crippen LogP) is -0.147. The summed E-state index contributed by atoms with van der Waals surface area (Å²) in [5, 5.41) is 0. The maximum atomic E-state index is 2.49. The third-order valence-corrected chi connectivity index (χ3v) is 10.1. The Balaban J connectivity index is 0.00000220. The second-order valence-electron chi connectivity index (χ2n) is 6.16. The predicted molar refractivity (Wildman–Crippen MR) is 87.7 cm³/mol. The van der Waals surface area contributed by atoms with Gasteiger partial charge in [-0.15, -0.1) is 0 Å². The molecule has 0 saturated carbocycles. The molecule has 22 heavy (non-hydrogen) atoms. The van der Waals surface area contributed by atoms with Crippen LogP contribution in [0.25, 0.3) is 0 Å². The fourth-order valence-corrected chi connectivity index (χ4v) is 8.72. The van der Waals surface area contributed by atoms with Crippen LogP contribution in [0.1, 0.15) is 67.2 Å². The zero-order valence-electron chi connectivity index (χ0n) is 14.7. The van der Waals surface area contributed by atoms with E-state index in [2.05, 4.69) is 53.7 Å². The van der Waals surface area contributed by atoms with Crippen LogP contribution in [0.5, 0.6) is 0 Å². The molecule has 0 atom stereocenters. The Labute approximate surface area is 155 Å². The minimum Gasteiger partial charge on any atom is -1.00 e. The molecule has 0 aromatic heterocycles. The van der Waals surface area contributed by atoms with Gasteiger partial charge in [0.25, 0.3) is 0 Å². The second kappa shape index (κ2) is 9.43. The van der Waals surface area contributed by atoms with Crippen LogP contribution in [-0.2, 0) is 17.4 Å². The van der Waals surface area contributed by atoms with Crippen LogP contribution >= 0.6 is 0 Å². The maximum absolute atomic E-state index is 2.49. The molecule has 0 aromatic rings. The molecule has 0 N–H and O–H groups in total. The summed E-state index contributed by atoms with van der Waals surface area (Å²) >= 11 is -1.39. The van der Waals surface area contributed by atoms with Crippen LogP contribution in [0.3, 0.4) is 0 Å². The Kier molecular flexibility index (Phi) is 9.48. The molecule has 0 bridgehead atoms. The first kappa shape index (κ1) is 22.1. The summed E-state index contributed by atoms with van der Waals surface area (Å²) < 4.78 is 5.36. The zero-order chi connectivity index (χ0) is 14.9. The molecule has 2 aliphatic rings. The summed E-state index contributed by atoms with van der Waals surface area (Å²) in [5.41, 5.74) is 6.47. The van der Waals surface area contributed by atoms with Gasteiger partial charge in [0.2, 0.25) is 0 Å². The molecule has 3 heteroatoms. The van der Waals surface area contributed by atoms with Gasteiger partial charge in [-0.25, -0.2) is 0 Å². The molecule has 0 heterocycles. The third-order valence-electron chi connectivity index (χ3n) is 4.84. The van der Waals surface area contributed by atoms with Crippen molar-refractivity contribution in [2.45, 2.75) is 67.2 Å². The molecule has 2 aliphatic carbocycles. The molecule has 0 radical (unpaired) electrons. The standard InChI is InChI=1S/2C8H11.C3H6.2ClH.Ti/c2*1-3-8-6-4-5-7(8)2;1-3-2;;;/h2*6H,3-4H2,1-2H3;1-2H3;2*1H;/q;;;;;+2/p-2.